The molecule has 0 radical (unpaired) electrons. The first kappa shape index (κ1) is 31.5. The van der Waals surface area contributed by atoms with Gasteiger partial charge in [-0.25, -0.2) is 9.18 Å². The van der Waals surface area contributed by atoms with Crippen molar-refractivity contribution in [3.8, 4) is 0 Å². The van der Waals surface area contributed by atoms with Crippen LogP contribution in [0.3, 0.4) is 0 Å². The van der Waals surface area contributed by atoms with Crippen molar-refractivity contribution >= 4 is 18.0 Å². The standard InChI is InChI=1S/C29H46FN3O5/c1-9-29(10-2,26(35)37-18-12-17-32(7)8)24-16-15-23(21-13-11-14-22(30)19-21)33(24)25(34)20(3)31-27(36)38-28(4,5)6/h11,13-14,19-20,23-24H,9-10,12,15-18H2,1-8H3,(H,31,36)/t20-,23+,24-/m1/s1. The molecule has 1 aromatic rings. The number of hydrogen-bond donors (Lipinski definition) is 1. The number of esters is 1. The summed E-state index contributed by atoms with van der Waals surface area (Å²) < 4.78 is 25.3. The van der Waals surface area contributed by atoms with Crippen molar-refractivity contribution < 1.29 is 28.2 Å². The maximum atomic E-state index is 14.2. The van der Waals surface area contributed by atoms with Crippen LogP contribution >= 0.6 is 0 Å². The lowest BCUT2D eigenvalue weighted by Gasteiger charge is -2.43. The predicted molar refractivity (Wildman–Crippen MR) is 145 cm³/mol. The van der Waals surface area contributed by atoms with Gasteiger partial charge in [-0.15, -0.1) is 0 Å². The van der Waals surface area contributed by atoms with Crippen LogP contribution in [0.2, 0.25) is 0 Å². The van der Waals surface area contributed by atoms with Gasteiger partial charge in [0.15, 0.2) is 0 Å². The molecule has 2 rings (SSSR count). The second kappa shape index (κ2) is 13.4. The molecule has 0 saturated carbocycles. The van der Waals surface area contributed by atoms with Crippen molar-refractivity contribution in [3.05, 3.63) is 35.6 Å². The second-order valence-corrected chi connectivity index (χ2v) is 11.4. The highest BCUT2D eigenvalue weighted by atomic mass is 19.1. The molecule has 3 atom stereocenters. The molecule has 1 aliphatic heterocycles. The first-order chi connectivity index (χ1) is 17.8. The third-order valence-corrected chi connectivity index (χ3v) is 7.27. The van der Waals surface area contributed by atoms with Crippen LogP contribution in [-0.4, -0.2) is 72.7 Å². The number of ether oxygens (including phenoxy) is 2. The lowest BCUT2D eigenvalue weighted by molar-refractivity contribution is -0.163. The van der Waals surface area contributed by atoms with Crippen molar-refractivity contribution in [2.24, 2.45) is 5.41 Å². The molecule has 0 bridgehead atoms. The number of likely N-dealkylation sites (tertiary alicyclic amines) is 1. The highest BCUT2D eigenvalue weighted by Gasteiger charge is 2.53. The number of nitrogens with one attached hydrogen (secondary N) is 1. The zero-order valence-corrected chi connectivity index (χ0v) is 24.3. The average Bonchev–Trinajstić information content (AvgIpc) is 3.26. The lowest BCUT2D eigenvalue weighted by atomic mass is 9.74. The van der Waals surface area contributed by atoms with Gasteiger partial charge in [-0.05, 0) is 91.6 Å². The molecule has 1 heterocycles. The van der Waals surface area contributed by atoms with Gasteiger partial charge >= 0.3 is 12.1 Å². The normalized spacial score (nSPS) is 18.8. The van der Waals surface area contributed by atoms with Gasteiger partial charge in [0.2, 0.25) is 5.91 Å². The van der Waals surface area contributed by atoms with Gasteiger partial charge in [-0.1, -0.05) is 26.0 Å². The maximum Gasteiger partial charge on any atom is 0.408 e. The monoisotopic (exact) mass is 535 g/mol. The Bertz CT molecular complexity index is 958. The van der Waals surface area contributed by atoms with E-state index in [1.54, 1.807) is 44.7 Å². The number of amides is 2. The molecule has 1 fully saturated rings. The third-order valence-electron chi connectivity index (χ3n) is 7.27. The number of alkyl carbamates (subject to hydrolysis) is 1. The van der Waals surface area contributed by atoms with Crippen molar-refractivity contribution in [1.29, 1.82) is 0 Å². The van der Waals surface area contributed by atoms with E-state index in [2.05, 4.69) is 5.32 Å². The molecule has 1 aliphatic rings. The van der Waals surface area contributed by atoms with E-state index < -0.39 is 41.1 Å². The number of rotatable bonds is 11. The minimum absolute atomic E-state index is 0.295. The number of carbonyl (C=O) groups is 3. The van der Waals surface area contributed by atoms with Gasteiger partial charge in [0.05, 0.1) is 18.1 Å². The molecule has 38 heavy (non-hydrogen) atoms. The van der Waals surface area contributed by atoms with Crippen molar-refractivity contribution in [2.75, 3.05) is 27.2 Å². The Labute approximate surface area is 227 Å². The number of hydrogen-bond acceptors (Lipinski definition) is 6. The smallest absolute Gasteiger partial charge is 0.408 e. The highest BCUT2D eigenvalue weighted by Crippen LogP contribution is 2.47. The second-order valence-electron chi connectivity index (χ2n) is 11.4. The van der Waals surface area contributed by atoms with Crippen LogP contribution in [-0.2, 0) is 19.1 Å². The fourth-order valence-corrected chi connectivity index (χ4v) is 5.31. The Morgan fingerprint density at radius 1 is 1.16 bits per heavy atom. The van der Waals surface area contributed by atoms with Crippen LogP contribution in [0.25, 0.3) is 0 Å². The van der Waals surface area contributed by atoms with Crippen LogP contribution in [0, 0.1) is 11.2 Å². The quantitative estimate of drug-likeness (QED) is 0.314. The number of nitrogens with zero attached hydrogens (tertiary/aromatic N) is 2. The molecular formula is C29H46FN3O5. The molecule has 8 nitrogen and oxygen atoms in total. The van der Waals surface area contributed by atoms with Gasteiger partial charge in [-0.3, -0.25) is 9.59 Å². The molecule has 9 heteroatoms. The van der Waals surface area contributed by atoms with Crippen LogP contribution < -0.4 is 5.32 Å². The maximum absolute atomic E-state index is 14.2. The van der Waals surface area contributed by atoms with Gasteiger partial charge in [0, 0.05) is 12.6 Å². The lowest BCUT2D eigenvalue weighted by Crippen LogP contribution is -2.56. The zero-order chi connectivity index (χ0) is 28.7. The van der Waals surface area contributed by atoms with E-state index in [1.807, 2.05) is 32.8 Å². The van der Waals surface area contributed by atoms with E-state index in [1.165, 1.54) is 12.1 Å². The van der Waals surface area contributed by atoms with Crippen molar-refractivity contribution in [2.45, 2.75) is 97.4 Å². The first-order valence-electron chi connectivity index (χ1n) is 13.6. The van der Waals surface area contributed by atoms with E-state index in [0.29, 0.717) is 44.3 Å². The van der Waals surface area contributed by atoms with Crippen LogP contribution in [0.5, 0.6) is 0 Å². The molecule has 1 saturated heterocycles. The highest BCUT2D eigenvalue weighted by molar-refractivity contribution is 5.87. The summed E-state index contributed by atoms with van der Waals surface area (Å²) in [5.41, 5.74) is -0.990. The SMILES string of the molecule is CCC(CC)(C(=O)OCCCN(C)C)[C@H]1CC[C@@H](c2cccc(F)c2)N1C(=O)[C@@H](C)NC(=O)OC(C)(C)C. The molecule has 2 amide bonds. The largest absolute Gasteiger partial charge is 0.465 e. The average molecular weight is 536 g/mol. The van der Waals surface area contributed by atoms with E-state index in [9.17, 15) is 18.8 Å². The summed E-state index contributed by atoms with van der Waals surface area (Å²) in [7, 11) is 3.93. The van der Waals surface area contributed by atoms with E-state index >= 15 is 0 Å². The van der Waals surface area contributed by atoms with Crippen molar-refractivity contribution in [3.63, 3.8) is 0 Å². The molecule has 0 unspecified atom stereocenters. The van der Waals surface area contributed by atoms with Crippen molar-refractivity contribution in [1.82, 2.24) is 15.1 Å². The topological polar surface area (TPSA) is 88.2 Å². The molecule has 1 N–H and O–H groups in total. The summed E-state index contributed by atoms with van der Waals surface area (Å²) in [5, 5.41) is 2.64. The first-order valence-corrected chi connectivity index (χ1v) is 13.6. The summed E-state index contributed by atoms with van der Waals surface area (Å²) in [4.78, 5) is 43.7. The van der Waals surface area contributed by atoms with E-state index in [4.69, 9.17) is 9.47 Å². The molecule has 0 aromatic heterocycles. The van der Waals surface area contributed by atoms with Crippen LogP contribution in [0.1, 0.15) is 85.3 Å². The molecule has 0 aliphatic carbocycles. The Morgan fingerprint density at radius 3 is 2.37 bits per heavy atom. The summed E-state index contributed by atoms with van der Waals surface area (Å²) in [6.45, 7) is 11.8. The fraction of sp³-hybridized carbons (Fsp3) is 0.690. The van der Waals surface area contributed by atoms with Gasteiger partial charge < -0.3 is 24.6 Å². The Hall–Kier alpha value is -2.68. The number of benzene rings is 1. The molecule has 1 aromatic carbocycles. The van der Waals surface area contributed by atoms with Gasteiger partial charge in [0.1, 0.15) is 17.5 Å². The summed E-state index contributed by atoms with van der Waals surface area (Å²) in [6.07, 6.45) is 2.09. The van der Waals surface area contributed by atoms with E-state index in [-0.39, 0.29) is 11.9 Å². The summed E-state index contributed by atoms with van der Waals surface area (Å²) >= 11 is 0. The predicted octanol–water partition coefficient (Wildman–Crippen LogP) is 5.07. The zero-order valence-electron chi connectivity index (χ0n) is 24.3. The van der Waals surface area contributed by atoms with Crippen LogP contribution in [0.4, 0.5) is 9.18 Å². The molecular weight excluding hydrogens is 489 g/mol. The Balaban J connectivity index is 2.40. The Kier molecular flexibility index (Phi) is 11.1. The van der Waals surface area contributed by atoms with Gasteiger partial charge in [0.25, 0.3) is 0 Å². The van der Waals surface area contributed by atoms with Crippen LogP contribution in [0.15, 0.2) is 24.3 Å². The Morgan fingerprint density at radius 2 is 1.82 bits per heavy atom. The fourth-order valence-electron chi connectivity index (χ4n) is 5.31. The number of carbonyl (C=O) groups excluding carboxylic acids is 3. The number of halogens is 1. The minimum atomic E-state index is -0.929. The third kappa shape index (κ3) is 7.91. The van der Waals surface area contributed by atoms with Gasteiger partial charge in [-0.2, -0.15) is 0 Å². The summed E-state index contributed by atoms with van der Waals surface area (Å²) in [5.74, 6) is -1.06. The molecule has 214 valence electrons. The van der Waals surface area contributed by atoms with E-state index in [0.717, 1.165) is 6.54 Å². The summed E-state index contributed by atoms with van der Waals surface area (Å²) in [6, 6.07) is 4.38. The molecule has 0 spiro atoms. The minimum Gasteiger partial charge on any atom is -0.465 e.